The lowest BCUT2D eigenvalue weighted by Crippen LogP contribution is -2.11. The first-order valence-electron chi connectivity index (χ1n) is 5.72. The van der Waals surface area contributed by atoms with Crippen LogP contribution in [-0.4, -0.2) is 5.91 Å². The fourth-order valence-electron chi connectivity index (χ4n) is 1.66. The van der Waals surface area contributed by atoms with E-state index in [0.29, 0.717) is 10.6 Å². The maximum absolute atomic E-state index is 12.1. The molecule has 0 aliphatic heterocycles. The van der Waals surface area contributed by atoms with Crippen molar-refractivity contribution in [2.45, 2.75) is 20.8 Å². The van der Waals surface area contributed by atoms with Gasteiger partial charge in [0, 0.05) is 16.3 Å². The first-order chi connectivity index (χ1) is 8.47. The second-order valence-corrected chi connectivity index (χ2v) is 5.65. The number of aryl methyl sites for hydroxylation is 3. The lowest BCUT2D eigenvalue weighted by molar-refractivity contribution is 0.103. The molecule has 0 spiro atoms. The van der Waals surface area contributed by atoms with Crippen LogP contribution in [0.2, 0.25) is 0 Å². The van der Waals surface area contributed by atoms with Gasteiger partial charge < -0.3 is 11.1 Å². The molecule has 3 N–H and O–H groups in total. The molecule has 0 aliphatic carbocycles. The minimum absolute atomic E-state index is 0.103. The van der Waals surface area contributed by atoms with Gasteiger partial charge in [-0.25, -0.2) is 0 Å². The number of nitrogens with two attached hydrogens (primary N) is 1. The summed E-state index contributed by atoms with van der Waals surface area (Å²) in [5.41, 5.74) is 9.45. The number of nitrogen functional groups attached to an aromatic ring is 1. The van der Waals surface area contributed by atoms with Gasteiger partial charge in [0.25, 0.3) is 5.91 Å². The molecule has 1 aromatic heterocycles. The maximum atomic E-state index is 12.1. The van der Waals surface area contributed by atoms with Gasteiger partial charge in [0.15, 0.2) is 0 Å². The van der Waals surface area contributed by atoms with Crippen molar-refractivity contribution in [3.8, 4) is 0 Å². The van der Waals surface area contributed by atoms with Crippen LogP contribution in [0.3, 0.4) is 0 Å². The third-order valence-corrected chi connectivity index (χ3v) is 3.89. The van der Waals surface area contributed by atoms with E-state index in [9.17, 15) is 4.79 Å². The summed E-state index contributed by atoms with van der Waals surface area (Å²) in [5, 5.41) is 2.92. The minimum Gasteiger partial charge on any atom is -0.398 e. The second kappa shape index (κ2) is 4.82. The quantitative estimate of drug-likeness (QED) is 0.868. The minimum atomic E-state index is -0.103. The molecule has 2 rings (SSSR count). The molecule has 94 valence electrons. The molecule has 1 amide bonds. The summed E-state index contributed by atoms with van der Waals surface area (Å²) in [7, 11) is 0. The molecule has 1 heterocycles. The summed E-state index contributed by atoms with van der Waals surface area (Å²) >= 11 is 1.41. The Morgan fingerprint density at radius 3 is 2.56 bits per heavy atom. The molecule has 0 fully saturated rings. The highest BCUT2D eigenvalue weighted by Gasteiger charge is 2.12. The van der Waals surface area contributed by atoms with E-state index in [0.717, 1.165) is 21.7 Å². The molecule has 0 bridgehead atoms. The largest absolute Gasteiger partial charge is 0.398 e. The van der Waals surface area contributed by atoms with Crippen molar-refractivity contribution in [3.05, 3.63) is 45.1 Å². The number of nitrogens with one attached hydrogen (secondary N) is 1. The van der Waals surface area contributed by atoms with Gasteiger partial charge in [-0.15, -0.1) is 11.3 Å². The molecule has 2 aromatic rings. The number of rotatable bonds is 2. The molecule has 0 atom stereocenters. The summed E-state index contributed by atoms with van der Waals surface area (Å²) < 4.78 is 0. The summed E-state index contributed by atoms with van der Waals surface area (Å²) in [6, 6.07) is 7.72. The lowest BCUT2D eigenvalue weighted by atomic mass is 10.1. The third kappa shape index (κ3) is 2.54. The van der Waals surface area contributed by atoms with Crippen LogP contribution < -0.4 is 11.1 Å². The Labute approximate surface area is 111 Å². The van der Waals surface area contributed by atoms with Gasteiger partial charge >= 0.3 is 0 Å². The van der Waals surface area contributed by atoms with Crippen molar-refractivity contribution in [2.75, 3.05) is 11.1 Å². The molecule has 0 saturated heterocycles. The van der Waals surface area contributed by atoms with Gasteiger partial charge in [0.2, 0.25) is 0 Å². The van der Waals surface area contributed by atoms with E-state index in [1.165, 1.54) is 11.3 Å². The zero-order valence-corrected chi connectivity index (χ0v) is 11.5. The van der Waals surface area contributed by atoms with E-state index in [2.05, 4.69) is 5.32 Å². The average molecular weight is 260 g/mol. The molecule has 4 heteroatoms. The molecule has 3 nitrogen and oxygen atoms in total. The molecule has 0 aliphatic rings. The highest BCUT2D eigenvalue weighted by atomic mass is 32.1. The summed E-state index contributed by atoms with van der Waals surface area (Å²) in [6.07, 6.45) is 0. The molecule has 0 saturated carbocycles. The molecule has 1 aromatic carbocycles. The van der Waals surface area contributed by atoms with Crippen LogP contribution in [0.15, 0.2) is 24.3 Å². The SMILES string of the molecule is Cc1ccc(C)c(NC(=O)c2cc(N)c(C)s2)c1. The Bertz CT molecular complexity index is 582. The second-order valence-electron chi connectivity index (χ2n) is 4.39. The molecule has 0 radical (unpaired) electrons. The number of thiophene rings is 1. The maximum Gasteiger partial charge on any atom is 0.265 e. The Balaban J connectivity index is 2.23. The van der Waals surface area contributed by atoms with Crippen molar-refractivity contribution < 1.29 is 4.79 Å². The number of hydrogen-bond donors (Lipinski definition) is 2. The standard InChI is InChI=1S/C14H16N2OS/c1-8-4-5-9(2)12(6-8)16-14(17)13-7-11(15)10(3)18-13/h4-7H,15H2,1-3H3,(H,16,17). The first kappa shape index (κ1) is 12.6. The van der Waals surface area contributed by atoms with E-state index in [-0.39, 0.29) is 5.91 Å². The van der Waals surface area contributed by atoms with Gasteiger partial charge in [0.05, 0.1) is 4.88 Å². The van der Waals surface area contributed by atoms with Gasteiger partial charge in [-0.2, -0.15) is 0 Å². The molecule has 18 heavy (non-hydrogen) atoms. The van der Waals surface area contributed by atoms with E-state index in [4.69, 9.17) is 5.73 Å². The monoisotopic (exact) mass is 260 g/mol. The van der Waals surface area contributed by atoms with Crippen molar-refractivity contribution in [1.82, 2.24) is 0 Å². The third-order valence-electron chi connectivity index (χ3n) is 2.82. The molecule has 0 unspecified atom stereocenters. The van der Waals surface area contributed by atoms with E-state index >= 15 is 0 Å². The first-order valence-corrected chi connectivity index (χ1v) is 6.53. The Morgan fingerprint density at radius 2 is 1.94 bits per heavy atom. The smallest absolute Gasteiger partial charge is 0.265 e. The zero-order chi connectivity index (χ0) is 13.3. The number of carbonyl (C=O) groups excluding carboxylic acids is 1. The summed E-state index contributed by atoms with van der Waals surface area (Å²) in [6.45, 7) is 5.89. The Hall–Kier alpha value is -1.81. The highest BCUT2D eigenvalue weighted by molar-refractivity contribution is 7.14. The van der Waals surface area contributed by atoms with E-state index in [1.54, 1.807) is 6.07 Å². The van der Waals surface area contributed by atoms with Crippen molar-refractivity contribution in [3.63, 3.8) is 0 Å². The van der Waals surface area contributed by atoms with E-state index in [1.807, 2.05) is 39.0 Å². The Kier molecular flexibility index (Phi) is 3.39. The predicted octanol–water partition coefficient (Wildman–Crippen LogP) is 3.51. The zero-order valence-electron chi connectivity index (χ0n) is 10.7. The Morgan fingerprint density at radius 1 is 1.22 bits per heavy atom. The fourth-order valence-corrected chi connectivity index (χ4v) is 2.50. The van der Waals surface area contributed by atoms with Crippen molar-refractivity contribution >= 4 is 28.6 Å². The lowest BCUT2D eigenvalue weighted by Gasteiger charge is -2.08. The van der Waals surface area contributed by atoms with Gasteiger partial charge in [-0.1, -0.05) is 12.1 Å². The highest BCUT2D eigenvalue weighted by Crippen LogP contribution is 2.25. The molecular weight excluding hydrogens is 244 g/mol. The summed E-state index contributed by atoms with van der Waals surface area (Å²) in [5.74, 6) is -0.103. The number of anilines is 2. The van der Waals surface area contributed by atoms with Gasteiger partial charge in [-0.3, -0.25) is 4.79 Å². The predicted molar refractivity (Wildman–Crippen MR) is 77.3 cm³/mol. The number of benzene rings is 1. The van der Waals surface area contributed by atoms with Crippen molar-refractivity contribution in [1.29, 1.82) is 0 Å². The number of amides is 1. The van der Waals surface area contributed by atoms with Crippen LogP contribution in [-0.2, 0) is 0 Å². The van der Waals surface area contributed by atoms with Crippen LogP contribution in [0.5, 0.6) is 0 Å². The van der Waals surface area contributed by atoms with E-state index < -0.39 is 0 Å². The van der Waals surface area contributed by atoms with Crippen LogP contribution in [0.25, 0.3) is 0 Å². The van der Waals surface area contributed by atoms with Gasteiger partial charge in [-0.05, 0) is 44.0 Å². The van der Waals surface area contributed by atoms with Gasteiger partial charge in [0.1, 0.15) is 0 Å². The molecular formula is C14H16N2OS. The fraction of sp³-hybridized carbons (Fsp3) is 0.214. The van der Waals surface area contributed by atoms with Crippen LogP contribution in [0.4, 0.5) is 11.4 Å². The number of hydrogen-bond acceptors (Lipinski definition) is 3. The van der Waals surface area contributed by atoms with Crippen LogP contribution >= 0.6 is 11.3 Å². The van der Waals surface area contributed by atoms with Crippen molar-refractivity contribution in [2.24, 2.45) is 0 Å². The number of carbonyl (C=O) groups is 1. The summed E-state index contributed by atoms with van der Waals surface area (Å²) in [4.78, 5) is 13.7. The normalized spacial score (nSPS) is 10.4. The van der Waals surface area contributed by atoms with Crippen LogP contribution in [0.1, 0.15) is 25.7 Å². The topological polar surface area (TPSA) is 55.1 Å². The van der Waals surface area contributed by atoms with Crippen LogP contribution in [0, 0.1) is 20.8 Å². The average Bonchev–Trinajstić information content (AvgIpc) is 2.64.